The van der Waals surface area contributed by atoms with Crippen molar-refractivity contribution in [1.82, 2.24) is 34.9 Å². The molecule has 1 fully saturated rings. The van der Waals surface area contributed by atoms with E-state index in [1.54, 1.807) is 25.0 Å². The number of halogens is 1. The minimum atomic E-state index is 0. The number of nitrogens with zero attached hydrogens (tertiary/aromatic N) is 8. The fourth-order valence-corrected chi connectivity index (χ4v) is 3.43. The molecule has 0 spiro atoms. The van der Waals surface area contributed by atoms with Crippen molar-refractivity contribution in [3.63, 3.8) is 0 Å². The van der Waals surface area contributed by atoms with Crippen LogP contribution in [0.1, 0.15) is 11.1 Å². The van der Waals surface area contributed by atoms with Gasteiger partial charge in [0.15, 0.2) is 5.96 Å². The van der Waals surface area contributed by atoms with Gasteiger partial charge in [-0.2, -0.15) is 5.10 Å². The van der Waals surface area contributed by atoms with Gasteiger partial charge in [0.1, 0.15) is 12.7 Å². The Labute approximate surface area is 193 Å². The molecule has 158 valence electrons. The van der Waals surface area contributed by atoms with E-state index in [-0.39, 0.29) is 24.0 Å². The molecule has 4 rings (SSSR count). The quantitative estimate of drug-likeness (QED) is 0.312. The summed E-state index contributed by atoms with van der Waals surface area (Å²) < 4.78 is 1.82. The monoisotopic (exact) mass is 519 g/mol. The van der Waals surface area contributed by atoms with Crippen LogP contribution < -0.4 is 10.2 Å². The van der Waals surface area contributed by atoms with Crippen LogP contribution in [-0.2, 0) is 13.1 Å². The zero-order valence-electron chi connectivity index (χ0n) is 16.9. The maximum Gasteiger partial charge on any atom is 0.225 e. The zero-order chi connectivity index (χ0) is 19.9. The van der Waals surface area contributed by atoms with Crippen LogP contribution >= 0.6 is 24.0 Å². The lowest BCUT2D eigenvalue weighted by molar-refractivity contribution is 0.370. The zero-order valence-corrected chi connectivity index (χ0v) is 19.3. The van der Waals surface area contributed by atoms with E-state index in [2.05, 4.69) is 64.4 Å². The molecule has 0 saturated carbocycles. The first-order valence-corrected chi connectivity index (χ1v) is 9.69. The third-order valence-electron chi connectivity index (χ3n) is 4.88. The highest BCUT2D eigenvalue weighted by atomic mass is 127. The first-order valence-electron chi connectivity index (χ1n) is 9.69. The Balaban J connectivity index is 0.00000256. The highest BCUT2D eigenvalue weighted by Gasteiger charge is 2.20. The molecule has 3 aromatic rings. The fourth-order valence-electron chi connectivity index (χ4n) is 3.43. The van der Waals surface area contributed by atoms with Gasteiger partial charge in [0, 0.05) is 52.2 Å². The van der Waals surface area contributed by atoms with E-state index in [1.807, 2.05) is 17.8 Å². The third-order valence-corrected chi connectivity index (χ3v) is 4.88. The van der Waals surface area contributed by atoms with Crippen molar-refractivity contribution >= 4 is 35.9 Å². The maximum absolute atomic E-state index is 4.47. The summed E-state index contributed by atoms with van der Waals surface area (Å²) in [4.78, 5) is 21.6. The Morgan fingerprint density at radius 2 is 1.83 bits per heavy atom. The highest BCUT2D eigenvalue weighted by molar-refractivity contribution is 14.0. The number of aliphatic imine (C=N–C) groups is 1. The van der Waals surface area contributed by atoms with Crippen molar-refractivity contribution < 1.29 is 0 Å². The van der Waals surface area contributed by atoms with Crippen molar-refractivity contribution in [3.8, 4) is 0 Å². The van der Waals surface area contributed by atoms with Crippen molar-refractivity contribution in [2.75, 3.05) is 38.1 Å². The number of anilines is 1. The molecule has 1 aliphatic heterocycles. The van der Waals surface area contributed by atoms with Gasteiger partial charge in [-0.25, -0.2) is 19.6 Å². The molecule has 1 N–H and O–H groups in total. The second-order valence-corrected chi connectivity index (χ2v) is 6.84. The Bertz CT molecular complexity index is 922. The van der Waals surface area contributed by atoms with Crippen molar-refractivity contribution in [2.24, 2.45) is 4.99 Å². The average molecular weight is 519 g/mol. The first kappa shape index (κ1) is 21.9. The molecule has 1 aromatic carbocycles. The van der Waals surface area contributed by atoms with E-state index in [4.69, 9.17) is 0 Å². The van der Waals surface area contributed by atoms with Gasteiger partial charge in [-0.05, 0) is 17.2 Å². The second-order valence-electron chi connectivity index (χ2n) is 6.84. The average Bonchev–Trinajstić information content (AvgIpc) is 3.29. The number of aromatic nitrogens is 5. The number of guanidine groups is 1. The van der Waals surface area contributed by atoms with Crippen molar-refractivity contribution in [3.05, 3.63) is 66.5 Å². The van der Waals surface area contributed by atoms with Gasteiger partial charge in [0.05, 0.1) is 6.54 Å². The van der Waals surface area contributed by atoms with Gasteiger partial charge in [-0.1, -0.05) is 24.3 Å². The lowest BCUT2D eigenvalue weighted by Crippen LogP contribution is -2.52. The Hall–Kier alpha value is -2.76. The van der Waals surface area contributed by atoms with Crippen LogP contribution in [0.2, 0.25) is 0 Å². The molecule has 1 aliphatic rings. The summed E-state index contributed by atoms with van der Waals surface area (Å²) in [5.74, 6) is 1.71. The molecule has 1 saturated heterocycles. The minimum absolute atomic E-state index is 0. The lowest BCUT2D eigenvalue weighted by Gasteiger charge is -2.36. The summed E-state index contributed by atoms with van der Waals surface area (Å²) in [6.07, 6.45) is 6.85. The fraction of sp³-hybridized carbons (Fsp3) is 0.350. The summed E-state index contributed by atoms with van der Waals surface area (Å²) in [5.41, 5.74) is 2.40. The third kappa shape index (κ3) is 5.65. The highest BCUT2D eigenvalue weighted by Crippen LogP contribution is 2.11. The Kier molecular flexibility index (Phi) is 7.94. The first-order chi connectivity index (χ1) is 14.3. The molecule has 2 aromatic heterocycles. The predicted octanol–water partition coefficient (Wildman–Crippen LogP) is 1.63. The normalized spacial score (nSPS) is 14.4. The summed E-state index contributed by atoms with van der Waals surface area (Å²) in [6.45, 7) is 4.94. The van der Waals surface area contributed by atoms with Crippen LogP contribution in [0.25, 0.3) is 0 Å². The molecular formula is C20H26IN9. The van der Waals surface area contributed by atoms with Crippen LogP contribution in [0.15, 0.2) is 60.4 Å². The van der Waals surface area contributed by atoms with Crippen LogP contribution in [0.5, 0.6) is 0 Å². The maximum atomic E-state index is 4.47. The minimum Gasteiger partial charge on any atom is -0.352 e. The van der Waals surface area contributed by atoms with Crippen LogP contribution in [0, 0.1) is 0 Å². The number of hydrogen-bond acceptors (Lipinski definition) is 6. The topological polar surface area (TPSA) is 87.4 Å². The molecule has 0 unspecified atom stereocenters. The molecule has 9 nitrogen and oxygen atoms in total. The van der Waals surface area contributed by atoms with E-state index in [0.717, 1.165) is 44.6 Å². The van der Waals surface area contributed by atoms with E-state index < -0.39 is 0 Å². The molecule has 0 aliphatic carbocycles. The SMILES string of the molecule is CN=C(NCc1cccc(Cn2cncn2)c1)N1CCN(c2ncccn2)CC1.I. The van der Waals surface area contributed by atoms with Gasteiger partial charge < -0.3 is 15.1 Å². The molecule has 3 heterocycles. The van der Waals surface area contributed by atoms with Crippen LogP contribution in [0.3, 0.4) is 0 Å². The van der Waals surface area contributed by atoms with Crippen molar-refractivity contribution in [2.45, 2.75) is 13.1 Å². The molecule has 0 amide bonds. The van der Waals surface area contributed by atoms with E-state index in [0.29, 0.717) is 6.54 Å². The van der Waals surface area contributed by atoms with Gasteiger partial charge in [-0.3, -0.25) is 4.99 Å². The van der Waals surface area contributed by atoms with Crippen LogP contribution in [-0.4, -0.2) is 68.8 Å². The number of nitrogens with one attached hydrogen (secondary N) is 1. The number of piperazine rings is 1. The van der Waals surface area contributed by atoms with Gasteiger partial charge >= 0.3 is 0 Å². The number of rotatable bonds is 5. The summed E-state index contributed by atoms with van der Waals surface area (Å²) in [6, 6.07) is 10.3. The second kappa shape index (κ2) is 10.9. The van der Waals surface area contributed by atoms with Crippen LogP contribution in [0.4, 0.5) is 5.95 Å². The molecular weight excluding hydrogens is 493 g/mol. The molecule has 0 radical (unpaired) electrons. The molecule has 30 heavy (non-hydrogen) atoms. The van der Waals surface area contributed by atoms with E-state index in [9.17, 15) is 0 Å². The Morgan fingerprint density at radius 3 is 2.53 bits per heavy atom. The summed E-state index contributed by atoms with van der Waals surface area (Å²) in [5, 5.41) is 7.66. The van der Waals surface area contributed by atoms with Crippen molar-refractivity contribution in [1.29, 1.82) is 0 Å². The van der Waals surface area contributed by atoms with Gasteiger partial charge in [0.2, 0.25) is 5.95 Å². The van der Waals surface area contributed by atoms with E-state index >= 15 is 0 Å². The standard InChI is InChI=1S/C20H25N9.HI/c1-21-19(27-8-10-28(11-9-27)20-23-6-3-7-24-20)25-13-17-4-2-5-18(12-17)14-29-16-22-15-26-29;/h2-7,12,15-16H,8-11,13-14H2,1H3,(H,21,25);1H. The molecule has 10 heteroatoms. The summed E-state index contributed by atoms with van der Waals surface area (Å²) in [7, 11) is 1.83. The molecule has 0 bridgehead atoms. The largest absolute Gasteiger partial charge is 0.352 e. The summed E-state index contributed by atoms with van der Waals surface area (Å²) >= 11 is 0. The van der Waals surface area contributed by atoms with Gasteiger partial charge in [-0.15, -0.1) is 24.0 Å². The predicted molar refractivity (Wildman–Crippen MR) is 127 cm³/mol. The smallest absolute Gasteiger partial charge is 0.225 e. The lowest BCUT2D eigenvalue weighted by atomic mass is 10.1. The van der Waals surface area contributed by atoms with Gasteiger partial charge in [0.25, 0.3) is 0 Å². The number of hydrogen-bond donors (Lipinski definition) is 1. The van der Waals surface area contributed by atoms with E-state index in [1.165, 1.54) is 11.1 Å². The Morgan fingerprint density at radius 1 is 1.07 bits per heavy atom. The number of benzene rings is 1. The molecule has 0 atom stereocenters.